The summed E-state index contributed by atoms with van der Waals surface area (Å²) in [7, 11) is 0. The van der Waals surface area contributed by atoms with E-state index in [1.165, 1.54) is 44.5 Å². The van der Waals surface area contributed by atoms with Crippen molar-refractivity contribution in [3.63, 3.8) is 0 Å². The first-order chi connectivity index (χ1) is 36.0. The molecule has 0 N–H and O–H groups in total. The lowest BCUT2D eigenvalue weighted by Gasteiger charge is -2.49. The molecule has 10 heteroatoms. The van der Waals surface area contributed by atoms with Crippen molar-refractivity contribution < 1.29 is 18.9 Å². The highest BCUT2D eigenvalue weighted by Crippen LogP contribution is 2.73. The molecule has 6 aliphatic heterocycles. The van der Waals surface area contributed by atoms with E-state index >= 15 is 0 Å². The number of hydrogen-bond donors (Lipinski definition) is 0. The Morgan fingerprint density at radius 3 is 1.16 bits per heavy atom. The largest absolute Gasteiger partial charge is 0.456 e. The van der Waals surface area contributed by atoms with Gasteiger partial charge in [-0.3, -0.25) is 0 Å². The lowest BCUT2D eigenvalue weighted by atomic mass is 9.81. The van der Waals surface area contributed by atoms with Crippen LogP contribution in [0.3, 0.4) is 0 Å². The van der Waals surface area contributed by atoms with Gasteiger partial charge in [-0.05, 0) is 106 Å². The van der Waals surface area contributed by atoms with E-state index in [1.54, 1.807) is 0 Å². The molecule has 2 atom stereocenters. The number of hydrogen-bond acceptors (Lipinski definition) is 8. The van der Waals surface area contributed by atoms with Crippen LogP contribution < -0.4 is 60.6 Å². The summed E-state index contributed by atoms with van der Waals surface area (Å²) in [5.74, 6) is 6.28. The fourth-order valence-corrected chi connectivity index (χ4v) is 24.5. The molecule has 352 valence electrons. The van der Waals surface area contributed by atoms with Gasteiger partial charge in [0, 0.05) is 44.1 Å². The van der Waals surface area contributed by atoms with Crippen LogP contribution in [-0.4, -0.2) is 0 Å². The Kier molecular flexibility index (Phi) is 7.24. The van der Waals surface area contributed by atoms with Crippen LogP contribution in [0.2, 0.25) is 0 Å². The Balaban J connectivity index is 1.04. The molecule has 8 aliphatic rings. The first-order valence-corrected chi connectivity index (χ1v) is 30.8. The lowest BCUT2D eigenvalue weighted by molar-refractivity contribution is 0.455. The van der Waals surface area contributed by atoms with Crippen molar-refractivity contribution in [1.82, 2.24) is 0 Å². The Labute approximate surface area is 437 Å². The number of rotatable bonds is 2. The molecule has 10 aromatic rings. The third-order valence-electron chi connectivity index (χ3n) is 17.4. The molecule has 0 saturated carbocycles. The third-order valence-corrected chi connectivity index (χ3v) is 27.1. The van der Waals surface area contributed by atoms with E-state index in [0.717, 1.165) is 123 Å². The topological polar surface area (TPSA) is 43.4 Å². The number of ether oxygens (including phenoxy) is 4. The first kappa shape index (κ1) is 41.0. The van der Waals surface area contributed by atoms with Gasteiger partial charge in [-0.1, -0.05) is 148 Å². The van der Waals surface area contributed by atoms with Crippen LogP contribution in [-0.2, 0) is 34.4 Å². The number of anilines is 6. The van der Waals surface area contributed by atoms with Crippen LogP contribution in [0.1, 0.15) is 49.9 Å². The number of benzene rings is 10. The zero-order valence-electron chi connectivity index (χ0n) is 40.4. The Hall–Kier alpha value is -7.44. The van der Waals surface area contributed by atoms with Crippen LogP contribution in [0.25, 0.3) is 33.0 Å². The quantitative estimate of drug-likeness (QED) is 0.159. The van der Waals surface area contributed by atoms with Crippen molar-refractivity contribution >= 4 is 112 Å². The highest BCUT2D eigenvalue weighted by molar-refractivity contribution is 8.26. The minimum Gasteiger partial charge on any atom is -0.456 e. The van der Waals surface area contributed by atoms with Gasteiger partial charge in [-0.2, -0.15) is 0 Å². The molecule has 0 fully saturated rings. The molecule has 6 nitrogen and oxygen atoms in total. The van der Waals surface area contributed by atoms with Gasteiger partial charge in [0.1, 0.15) is 46.0 Å². The zero-order chi connectivity index (χ0) is 49.1. The summed E-state index contributed by atoms with van der Waals surface area (Å²) >= 11 is 15.2. The molecule has 74 heavy (non-hydrogen) atoms. The van der Waals surface area contributed by atoms with Crippen molar-refractivity contribution in [2.45, 2.75) is 38.5 Å². The highest BCUT2D eigenvalue weighted by atomic mass is 32.4. The monoisotopic (exact) mass is 1030 g/mol. The summed E-state index contributed by atoms with van der Waals surface area (Å²) in [5.41, 5.74) is 15.0. The van der Waals surface area contributed by atoms with Crippen molar-refractivity contribution in [3.8, 4) is 68.2 Å². The van der Waals surface area contributed by atoms with Gasteiger partial charge in [0.05, 0.1) is 66.7 Å². The maximum absolute atomic E-state index is 7.59. The van der Waals surface area contributed by atoms with Crippen LogP contribution in [0, 0.1) is 0 Å². The van der Waals surface area contributed by atoms with Crippen molar-refractivity contribution in [1.29, 1.82) is 0 Å². The van der Waals surface area contributed by atoms with Gasteiger partial charge in [-0.25, -0.2) is 0 Å². The molecule has 0 aromatic heterocycles. The minimum absolute atomic E-state index is 0.353. The van der Waals surface area contributed by atoms with E-state index in [2.05, 4.69) is 195 Å². The number of para-hydroxylation sites is 2. The summed E-state index contributed by atoms with van der Waals surface area (Å²) in [4.78, 5) is 4.91. The molecule has 0 radical (unpaired) electrons. The van der Waals surface area contributed by atoms with Gasteiger partial charge in [-0.15, -0.1) is 0 Å². The number of fused-ring (bicyclic) bond motifs is 11. The summed E-state index contributed by atoms with van der Waals surface area (Å²) in [5, 5.41) is 8.14. The average molecular weight is 1030 g/mol. The van der Waals surface area contributed by atoms with Crippen LogP contribution >= 0.6 is 12.1 Å². The molecule has 2 unspecified atom stereocenters. The molecule has 0 bridgehead atoms. The maximum Gasteiger partial charge on any atom is 0.143 e. The maximum atomic E-state index is 7.59. The van der Waals surface area contributed by atoms with Crippen molar-refractivity contribution in [3.05, 3.63) is 192 Å². The Bertz CT molecular complexity index is 4240. The molecule has 0 saturated heterocycles. The molecule has 0 amide bonds. The smallest absolute Gasteiger partial charge is 0.143 e. The van der Waals surface area contributed by atoms with E-state index in [0.29, 0.717) is 0 Å². The Morgan fingerprint density at radius 2 is 0.743 bits per heavy atom. The van der Waals surface area contributed by atoms with E-state index in [1.807, 2.05) is 12.1 Å². The van der Waals surface area contributed by atoms with E-state index in [-0.39, 0.29) is 10.8 Å². The van der Waals surface area contributed by atoms with E-state index in [9.17, 15) is 0 Å². The minimum atomic E-state index is -2.97. The normalized spacial score (nSPS) is 20.2. The van der Waals surface area contributed by atoms with Crippen molar-refractivity contribution in [2.75, 3.05) is 9.80 Å². The lowest BCUT2D eigenvalue weighted by Crippen LogP contribution is -2.44. The predicted octanol–water partition coefficient (Wildman–Crippen LogP) is 15.0. The summed E-state index contributed by atoms with van der Waals surface area (Å²) in [6.45, 7) is 9.31. The van der Waals surface area contributed by atoms with Gasteiger partial charge in [0.25, 0.3) is 0 Å². The molecule has 10 aromatic carbocycles. The predicted molar refractivity (Wildman–Crippen MR) is 308 cm³/mol. The summed E-state index contributed by atoms with van der Waals surface area (Å²) in [6, 6.07) is 55.1. The fraction of sp³-hybridized carbons (Fsp3) is 0.0938. The zero-order valence-corrected chi connectivity index (χ0v) is 43.8. The average Bonchev–Trinajstić information content (AvgIpc) is 3.79. The first-order valence-electron chi connectivity index (χ1n) is 25.2. The second-order valence-electron chi connectivity index (χ2n) is 21.7. The molecule has 18 rings (SSSR count). The third kappa shape index (κ3) is 4.43. The molecule has 6 heterocycles. The SMILES string of the molecule is CC1(C)c2ccccc2-c2cc3c4c(c21)Oc1cccc2c1P4(=S)c1c(cc4c5c6c(cc4c1N3c1ccccc1)Oc1cccc3c1P6(=S)c1c(cc4c(c1O3)C(C)(C)c1ccccc1-4)N5c1ccccc1)O2. The van der Waals surface area contributed by atoms with Gasteiger partial charge in [0.15, 0.2) is 0 Å². The van der Waals surface area contributed by atoms with E-state index in [4.69, 9.17) is 42.6 Å². The molecule has 0 spiro atoms. The van der Waals surface area contributed by atoms with Crippen LogP contribution in [0.15, 0.2) is 170 Å². The van der Waals surface area contributed by atoms with Gasteiger partial charge in [0.2, 0.25) is 0 Å². The van der Waals surface area contributed by atoms with E-state index < -0.39 is 12.1 Å². The van der Waals surface area contributed by atoms with Gasteiger partial charge >= 0.3 is 0 Å². The standard InChI is InChI=1S/C64H40N2O4P2S2/c1-63(2)41-23-13-11-21-35(41)37-29-43-57-55(51(37)63)69-47-27-15-25-45-59(47)71(57,73)61-49(67-45)31-40-39(53(61)65(43)33-17-7-5-8-18-33)32-50-62-54(40)66(34-19-9-6-10-20-34)44-30-38-36-22-12-14-24-42(36)64(3,4)52(38)56-58(44)72(62,74)60-46(68-50)26-16-28-48(60)70-56/h5-32H,1-4H3. The molecule has 2 aliphatic carbocycles. The summed E-state index contributed by atoms with van der Waals surface area (Å²) in [6.07, 6.45) is 0. The summed E-state index contributed by atoms with van der Waals surface area (Å²) < 4.78 is 29.5. The van der Waals surface area contributed by atoms with Crippen molar-refractivity contribution in [2.24, 2.45) is 0 Å². The van der Waals surface area contributed by atoms with Crippen LogP contribution in [0.5, 0.6) is 46.0 Å². The number of nitrogens with zero attached hydrogens (tertiary/aromatic N) is 2. The second-order valence-corrected chi connectivity index (χ2v) is 30.2. The molecular weight excluding hydrogens is 987 g/mol. The van der Waals surface area contributed by atoms with Crippen LogP contribution in [0.4, 0.5) is 34.1 Å². The highest BCUT2D eigenvalue weighted by Gasteiger charge is 2.57. The Morgan fingerprint density at radius 1 is 0.365 bits per heavy atom. The van der Waals surface area contributed by atoms with Gasteiger partial charge < -0.3 is 28.7 Å². The fourth-order valence-electron chi connectivity index (χ4n) is 14.5. The second kappa shape index (κ2) is 13.1. The molecular formula is C64H40N2O4P2S2.